The van der Waals surface area contributed by atoms with Gasteiger partial charge in [-0.3, -0.25) is 4.79 Å². The number of carbonyl (C=O) groups excluding carboxylic acids is 2. The Morgan fingerprint density at radius 1 is 1.05 bits per heavy atom. The highest BCUT2D eigenvalue weighted by Crippen LogP contribution is 2.24. The molecule has 5 nitrogen and oxygen atoms in total. The smallest absolute Gasteiger partial charge is 0.317 e. The number of nitrogens with one attached hydrogen (secondary N) is 1. The number of para-hydroxylation sites is 1. The van der Waals surface area contributed by atoms with E-state index < -0.39 is 0 Å². The molecule has 5 heteroatoms. The van der Waals surface area contributed by atoms with Crippen molar-refractivity contribution in [1.82, 2.24) is 10.2 Å². The van der Waals surface area contributed by atoms with Crippen molar-refractivity contribution in [3.05, 3.63) is 30.3 Å². The Labute approximate surface area is 112 Å². The minimum absolute atomic E-state index is 0.130. The summed E-state index contributed by atoms with van der Waals surface area (Å²) in [5.41, 5.74) is 0.661. The first kappa shape index (κ1) is 12.2. The molecule has 19 heavy (non-hydrogen) atoms. The van der Waals surface area contributed by atoms with Gasteiger partial charge in [0, 0.05) is 6.04 Å². The fourth-order valence-corrected chi connectivity index (χ4v) is 2.75. The Bertz CT molecular complexity index is 483. The van der Waals surface area contributed by atoms with Crippen molar-refractivity contribution in [1.29, 1.82) is 0 Å². The molecule has 0 aliphatic carbocycles. The lowest BCUT2D eigenvalue weighted by molar-refractivity contribution is -0.116. The second-order valence-corrected chi connectivity index (χ2v) is 4.96. The summed E-state index contributed by atoms with van der Waals surface area (Å²) in [5.74, 6) is -0.130. The van der Waals surface area contributed by atoms with Crippen LogP contribution in [0.5, 0.6) is 0 Å². The highest BCUT2D eigenvalue weighted by molar-refractivity contribution is 6.19. The number of urea groups is 1. The lowest BCUT2D eigenvalue weighted by Crippen LogP contribution is -2.45. The van der Waals surface area contributed by atoms with E-state index in [0.29, 0.717) is 5.69 Å². The molecule has 0 unspecified atom stereocenters. The SMILES string of the molecule is O=C1CN(C2CCNCC2)C(=O)N1c1ccccc1. The molecular weight excluding hydrogens is 242 g/mol. The van der Waals surface area contributed by atoms with Gasteiger partial charge in [0.1, 0.15) is 6.54 Å². The van der Waals surface area contributed by atoms with Gasteiger partial charge in [-0.25, -0.2) is 9.69 Å². The number of carbonyl (C=O) groups is 2. The monoisotopic (exact) mass is 259 g/mol. The Morgan fingerprint density at radius 2 is 1.74 bits per heavy atom. The predicted octanol–water partition coefficient (Wildman–Crippen LogP) is 1.21. The van der Waals surface area contributed by atoms with Crippen LogP contribution in [0.3, 0.4) is 0 Å². The largest absolute Gasteiger partial charge is 0.332 e. The molecular formula is C14H17N3O2. The number of hydrogen-bond donors (Lipinski definition) is 1. The number of rotatable bonds is 2. The fraction of sp³-hybridized carbons (Fsp3) is 0.429. The van der Waals surface area contributed by atoms with E-state index in [1.54, 1.807) is 17.0 Å². The maximum atomic E-state index is 12.4. The second-order valence-electron chi connectivity index (χ2n) is 4.96. The average molecular weight is 259 g/mol. The molecule has 1 aromatic rings. The Hall–Kier alpha value is -1.88. The molecule has 3 rings (SSSR count). The van der Waals surface area contributed by atoms with E-state index in [0.717, 1.165) is 25.9 Å². The van der Waals surface area contributed by atoms with Crippen molar-refractivity contribution in [3.63, 3.8) is 0 Å². The van der Waals surface area contributed by atoms with Gasteiger partial charge in [0.15, 0.2) is 0 Å². The average Bonchev–Trinajstić information content (AvgIpc) is 2.76. The van der Waals surface area contributed by atoms with Crippen LogP contribution in [0.2, 0.25) is 0 Å². The number of anilines is 1. The number of benzene rings is 1. The van der Waals surface area contributed by atoms with Crippen LogP contribution in [-0.4, -0.2) is 42.5 Å². The van der Waals surface area contributed by atoms with Gasteiger partial charge >= 0.3 is 6.03 Å². The molecule has 2 aliphatic rings. The van der Waals surface area contributed by atoms with E-state index in [1.807, 2.05) is 18.2 Å². The van der Waals surface area contributed by atoms with Gasteiger partial charge in [0.05, 0.1) is 5.69 Å². The van der Waals surface area contributed by atoms with Crippen molar-refractivity contribution < 1.29 is 9.59 Å². The Kier molecular flexibility index (Phi) is 3.21. The van der Waals surface area contributed by atoms with E-state index in [9.17, 15) is 9.59 Å². The van der Waals surface area contributed by atoms with E-state index >= 15 is 0 Å². The molecule has 2 saturated heterocycles. The number of nitrogens with zero attached hydrogens (tertiary/aromatic N) is 2. The van der Waals surface area contributed by atoms with Crippen LogP contribution in [0, 0.1) is 0 Å². The van der Waals surface area contributed by atoms with E-state index in [4.69, 9.17) is 0 Å². The molecule has 2 aliphatic heterocycles. The first-order valence-electron chi connectivity index (χ1n) is 6.66. The topological polar surface area (TPSA) is 52.7 Å². The molecule has 0 bridgehead atoms. The van der Waals surface area contributed by atoms with Gasteiger partial charge < -0.3 is 10.2 Å². The van der Waals surface area contributed by atoms with Gasteiger partial charge in [-0.2, -0.15) is 0 Å². The van der Waals surface area contributed by atoms with Crippen LogP contribution in [0.25, 0.3) is 0 Å². The summed E-state index contributed by atoms with van der Waals surface area (Å²) in [7, 11) is 0. The van der Waals surface area contributed by atoms with E-state index in [1.165, 1.54) is 4.90 Å². The summed E-state index contributed by atoms with van der Waals surface area (Å²) in [5, 5.41) is 3.27. The summed E-state index contributed by atoms with van der Waals surface area (Å²) in [6.07, 6.45) is 1.84. The number of amides is 3. The van der Waals surface area contributed by atoms with Crippen molar-refractivity contribution in [2.75, 3.05) is 24.5 Å². The standard InChI is InChI=1S/C14H17N3O2/c18-13-10-16(11-6-8-15-9-7-11)14(19)17(13)12-4-2-1-3-5-12/h1-5,11,15H,6-10H2. The summed E-state index contributed by atoms with van der Waals surface area (Å²) < 4.78 is 0. The van der Waals surface area contributed by atoms with Gasteiger partial charge in [0.25, 0.3) is 5.91 Å². The van der Waals surface area contributed by atoms with Crippen LogP contribution < -0.4 is 10.2 Å². The zero-order chi connectivity index (χ0) is 13.2. The Morgan fingerprint density at radius 3 is 2.42 bits per heavy atom. The van der Waals surface area contributed by atoms with Crippen LogP contribution in [0.4, 0.5) is 10.5 Å². The molecule has 0 spiro atoms. The Balaban J connectivity index is 1.81. The minimum Gasteiger partial charge on any atom is -0.317 e. The van der Waals surface area contributed by atoms with Gasteiger partial charge in [-0.15, -0.1) is 0 Å². The first-order chi connectivity index (χ1) is 9.27. The van der Waals surface area contributed by atoms with Gasteiger partial charge in [0.2, 0.25) is 0 Å². The highest BCUT2D eigenvalue weighted by Gasteiger charge is 2.40. The molecule has 3 amide bonds. The lowest BCUT2D eigenvalue weighted by atomic mass is 10.1. The molecule has 0 atom stereocenters. The zero-order valence-electron chi connectivity index (χ0n) is 10.7. The number of piperidine rings is 1. The zero-order valence-corrected chi connectivity index (χ0v) is 10.7. The van der Waals surface area contributed by atoms with Gasteiger partial charge in [-0.1, -0.05) is 18.2 Å². The molecule has 0 radical (unpaired) electrons. The molecule has 0 aromatic heterocycles. The fourth-order valence-electron chi connectivity index (χ4n) is 2.75. The van der Waals surface area contributed by atoms with Crippen LogP contribution in [0.15, 0.2) is 30.3 Å². The molecule has 2 fully saturated rings. The normalized spacial score (nSPS) is 21.3. The summed E-state index contributed by atoms with van der Waals surface area (Å²) >= 11 is 0. The van der Waals surface area contributed by atoms with E-state index in [-0.39, 0.29) is 24.5 Å². The molecule has 1 aromatic carbocycles. The third kappa shape index (κ3) is 2.21. The molecule has 1 N–H and O–H groups in total. The summed E-state index contributed by atoms with van der Waals surface area (Å²) in [6.45, 7) is 2.03. The van der Waals surface area contributed by atoms with Crippen molar-refractivity contribution in [2.45, 2.75) is 18.9 Å². The quantitative estimate of drug-likeness (QED) is 0.812. The second kappa shape index (κ2) is 5.01. The van der Waals surface area contributed by atoms with Crippen LogP contribution in [-0.2, 0) is 4.79 Å². The summed E-state index contributed by atoms with van der Waals surface area (Å²) in [4.78, 5) is 27.5. The maximum Gasteiger partial charge on any atom is 0.332 e. The third-order valence-corrected chi connectivity index (χ3v) is 3.76. The van der Waals surface area contributed by atoms with Crippen LogP contribution >= 0.6 is 0 Å². The van der Waals surface area contributed by atoms with Crippen molar-refractivity contribution in [2.24, 2.45) is 0 Å². The minimum atomic E-state index is -0.178. The number of hydrogen-bond acceptors (Lipinski definition) is 3. The molecule has 0 saturated carbocycles. The number of imide groups is 1. The highest BCUT2D eigenvalue weighted by atomic mass is 16.2. The molecule has 2 heterocycles. The van der Waals surface area contributed by atoms with Crippen molar-refractivity contribution in [3.8, 4) is 0 Å². The van der Waals surface area contributed by atoms with Crippen molar-refractivity contribution >= 4 is 17.6 Å². The maximum absolute atomic E-state index is 12.4. The lowest BCUT2D eigenvalue weighted by Gasteiger charge is -2.30. The van der Waals surface area contributed by atoms with Gasteiger partial charge in [-0.05, 0) is 38.1 Å². The molecule has 100 valence electrons. The summed E-state index contributed by atoms with van der Waals surface area (Å²) in [6, 6.07) is 9.14. The first-order valence-corrected chi connectivity index (χ1v) is 6.66. The van der Waals surface area contributed by atoms with E-state index in [2.05, 4.69) is 5.32 Å². The predicted molar refractivity (Wildman–Crippen MR) is 71.9 cm³/mol. The van der Waals surface area contributed by atoms with Crippen LogP contribution in [0.1, 0.15) is 12.8 Å². The third-order valence-electron chi connectivity index (χ3n) is 3.76.